The van der Waals surface area contributed by atoms with Gasteiger partial charge in [-0.25, -0.2) is 9.78 Å². The highest BCUT2D eigenvalue weighted by atomic mass is 79.9. The van der Waals surface area contributed by atoms with E-state index in [9.17, 15) is 19.5 Å². The molecule has 0 aliphatic rings. The van der Waals surface area contributed by atoms with E-state index in [-0.39, 0.29) is 29.5 Å². The number of thiazole rings is 1. The topological polar surface area (TPSA) is 118 Å². The van der Waals surface area contributed by atoms with Crippen LogP contribution in [0.15, 0.2) is 64.2 Å². The molecular formula is C22H18BrN3O5S. The van der Waals surface area contributed by atoms with Crippen LogP contribution in [-0.2, 0) is 16.1 Å². The summed E-state index contributed by atoms with van der Waals surface area (Å²) >= 11 is 4.61. The van der Waals surface area contributed by atoms with Gasteiger partial charge in [-0.15, -0.1) is 11.3 Å². The number of aromatic nitrogens is 1. The van der Waals surface area contributed by atoms with E-state index in [0.717, 1.165) is 5.56 Å². The smallest absolute Gasteiger partial charge is 0.354 e. The van der Waals surface area contributed by atoms with Gasteiger partial charge in [0.15, 0.2) is 0 Å². The number of phenols is 1. The van der Waals surface area contributed by atoms with Gasteiger partial charge in [0.25, 0.3) is 11.8 Å². The van der Waals surface area contributed by atoms with Crippen LogP contribution >= 0.6 is 27.3 Å². The number of nitrogens with zero attached hydrogens (tertiary/aromatic N) is 1. The second-order valence-corrected chi connectivity index (χ2v) is 8.20. The average molecular weight is 516 g/mol. The first-order chi connectivity index (χ1) is 15.4. The molecule has 0 saturated heterocycles. The van der Waals surface area contributed by atoms with Crippen molar-refractivity contribution in [1.29, 1.82) is 0 Å². The Morgan fingerprint density at radius 1 is 1.19 bits per heavy atom. The maximum Gasteiger partial charge on any atom is 0.354 e. The van der Waals surface area contributed by atoms with Gasteiger partial charge in [0.2, 0.25) is 0 Å². The number of methoxy groups -OCH3 is 1. The molecule has 1 heterocycles. The summed E-state index contributed by atoms with van der Waals surface area (Å²) in [5.41, 5.74) is 1.24. The lowest BCUT2D eigenvalue weighted by Crippen LogP contribution is -2.28. The molecular weight excluding hydrogens is 498 g/mol. The molecule has 8 nitrogen and oxygen atoms in total. The van der Waals surface area contributed by atoms with Crippen molar-refractivity contribution < 1.29 is 24.2 Å². The van der Waals surface area contributed by atoms with Crippen molar-refractivity contribution in [3.05, 3.63) is 85.9 Å². The van der Waals surface area contributed by atoms with Crippen molar-refractivity contribution in [2.45, 2.75) is 6.54 Å². The third-order valence-electron chi connectivity index (χ3n) is 4.21. The Morgan fingerprint density at radius 2 is 2.00 bits per heavy atom. The molecule has 3 N–H and O–H groups in total. The van der Waals surface area contributed by atoms with Gasteiger partial charge in [-0.05, 0) is 51.8 Å². The fourth-order valence-electron chi connectivity index (χ4n) is 2.67. The number of phenolic OH excluding ortho intramolecular Hbond substituents is 1. The minimum absolute atomic E-state index is 0.0627. The predicted octanol–water partition coefficient (Wildman–Crippen LogP) is 3.49. The number of carbonyl (C=O) groups is 3. The average Bonchev–Trinajstić information content (AvgIpc) is 3.29. The van der Waals surface area contributed by atoms with Gasteiger partial charge < -0.3 is 20.5 Å². The van der Waals surface area contributed by atoms with Crippen LogP contribution in [0.4, 0.5) is 0 Å². The largest absolute Gasteiger partial charge is 0.508 e. The van der Waals surface area contributed by atoms with E-state index in [1.807, 2.05) is 0 Å². The van der Waals surface area contributed by atoms with E-state index >= 15 is 0 Å². The summed E-state index contributed by atoms with van der Waals surface area (Å²) in [6.07, 6.45) is 3.00. The number of hydrogen-bond acceptors (Lipinski definition) is 7. The van der Waals surface area contributed by atoms with Crippen molar-refractivity contribution >= 4 is 51.1 Å². The van der Waals surface area contributed by atoms with Crippen LogP contribution < -0.4 is 10.6 Å². The van der Waals surface area contributed by atoms with Crippen molar-refractivity contribution in [1.82, 2.24) is 15.6 Å². The molecule has 2 aromatic carbocycles. The molecule has 3 rings (SSSR count). The minimum atomic E-state index is -0.715. The van der Waals surface area contributed by atoms with E-state index in [1.165, 1.54) is 42.7 Å². The van der Waals surface area contributed by atoms with E-state index in [4.69, 9.17) is 4.74 Å². The number of halogens is 1. The van der Waals surface area contributed by atoms with Crippen molar-refractivity contribution in [3.8, 4) is 5.75 Å². The Bertz CT molecular complexity index is 1180. The number of benzene rings is 2. The standard InChI is InChI=1S/C22H18BrN3O5S/c1-31-22(30)18(11-19-24-7-8-32-19)26-21(29)16-6-5-14(10-17(16)23)20(28)25-12-13-3-2-4-15(27)9-13/h2-11,27H,12H2,1H3,(H,25,28)(H,26,29)/b18-11+. The Morgan fingerprint density at radius 3 is 2.66 bits per heavy atom. The maximum absolute atomic E-state index is 12.7. The highest BCUT2D eigenvalue weighted by molar-refractivity contribution is 9.10. The van der Waals surface area contributed by atoms with Crippen LogP contribution in [-0.4, -0.2) is 35.0 Å². The zero-order valence-electron chi connectivity index (χ0n) is 16.8. The molecule has 1 aromatic heterocycles. The molecule has 0 aliphatic carbocycles. The highest BCUT2D eigenvalue weighted by Crippen LogP contribution is 2.20. The normalized spacial score (nSPS) is 11.0. The van der Waals surface area contributed by atoms with Gasteiger partial charge in [-0.2, -0.15) is 0 Å². The summed E-state index contributed by atoms with van der Waals surface area (Å²) in [6, 6.07) is 11.1. The lowest BCUT2D eigenvalue weighted by molar-refractivity contribution is -0.136. The molecule has 10 heteroatoms. The summed E-state index contributed by atoms with van der Waals surface area (Å²) < 4.78 is 5.10. The Balaban J connectivity index is 1.71. The zero-order chi connectivity index (χ0) is 23.1. The van der Waals surface area contributed by atoms with Gasteiger partial charge in [-0.3, -0.25) is 9.59 Å². The Hall–Kier alpha value is -3.50. The van der Waals surface area contributed by atoms with Gasteiger partial charge in [0.1, 0.15) is 16.5 Å². The summed E-state index contributed by atoms with van der Waals surface area (Å²) in [4.78, 5) is 41.3. The molecule has 3 aromatic rings. The third kappa shape index (κ3) is 6.02. The Kier molecular flexibility index (Phi) is 7.74. The summed E-state index contributed by atoms with van der Waals surface area (Å²) in [7, 11) is 1.21. The molecule has 2 amide bonds. The number of rotatable bonds is 7. The number of ether oxygens (including phenoxy) is 1. The highest BCUT2D eigenvalue weighted by Gasteiger charge is 2.18. The molecule has 0 atom stereocenters. The number of amides is 2. The second-order valence-electron chi connectivity index (χ2n) is 6.42. The number of carbonyl (C=O) groups excluding carboxylic acids is 3. The molecule has 32 heavy (non-hydrogen) atoms. The summed E-state index contributed by atoms with van der Waals surface area (Å²) in [5.74, 6) is -1.51. The monoisotopic (exact) mass is 515 g/mol. The van der Waals surface area contributed by atoms with Crippen LogP contribution in [0, 0.1) is 0 Å². The lowest BCUT2D eigenvalue weighted by atomic mass is 10.1. The van der Waals surface area contributed by atoms with E-state index < -0.39 is 11.9 Å². The van der Waals surface area contributed by atoms with Gasteiger partial charge in [0, 0.05) is 34.2 Å². The number of hydrogen-bond donors (Lipinski definition) is 3. The number of aromatic hydroxyl groups is 1. The first-order valence-corrected chi connectivity index (χ1v) is 10.9. The van der Waals surface area contributed by atoms with Crippen LogP contribution in [0.3, 0.4) is 0 Å². The fourth-order valence-corrected chi connectivity index (χ4v) is 3.79. The van der Waals surface area contributed by atoms with E-state index in [1.54, 1.807) is 35.8 Å². The zero-order valence-corrected chi connectivity index (χ0v) is 19.2. The van der Waals surface area contributed by atoms with Crippen molar-refractivity contribution in [3.63, 3.8) is 0 Å². The molecule has 0 bridgehead atoms. The fraction of sp³-hybridized carbons (Fsp3) is 0.0909. The van der Waals surface area contributed by atoms with Crippen molar-refractivity contribution in [2.24, 2.45) is 0 Å². The van der Waals surface area contributed by atoms with Crippen LogP contribution in [0.5, 0.6) is 5.75 Å². The van der Waals surface area contributed by atoms with E-state index in [0.29, 0.717) is 15.0 Å². The predicted molar refractivity (Wildman–Crippen MR) is 123 cm³/mol. The summed E-state index contributed by atoms with van der Waals surface area (Å²) in [6.45, 7) is 0.233. The minimum Gasteiger partial charge on any atom is -0.508 e. The molecule has 164 valence electrons. The number of esters is 1. The molecule has 0 saturated carbocycles. The van der Waals surface area contributed by atoms with Gasteiger partial charge >= 0.3 is 5.97 Å². The van der Waals surface area contributed by atoms with Crippen LogP contribution in [0.25, 0.3) is 6.08 Å². The Labute approximate surface area is 196 Å². The summed E-state index contributed by atoms with van der Waals surface area (Å²) in [5, 5.41) is 17.1. The maximum atomic E-state index is 12.7. The van der Waals surface area contributed by atoms with Crippen molar-refractivity contribution in [2.75, 3.05) is 7.11 Å². The van der Waals surface area contributed by atoms with Gasteiger partial charge in [0.05, 0.1) is 12.7 Å². The van der Waals surface area contributed by atoms with Gasteiger partial charge in [-0.1, -0.05) is 12.1 Å². The first-order valence-electron chi connectivity index (χ1n) is 9.24. The quantitative estimate of drug-likeness (QED) is 0.327. The number of nitrogens with one attached hydrogen (secondary N) is 2. The molecule has 0 spiro atoms. The van der Waals surface area contributed by atoms with Crippen LogP contribution in [0.2, 0.25) is 0 Å². The second kappa shape index (κ2) is 10.7. The molecule has 0 radical (unpaired) electrons. The first kappa shape index (κ1) is 23.2. The SMILES string of the molecule is COC(=O)/C(=C\c1nccs1)NC(=O)c1ccc(C(=O)NCc2cccc(O)c2)cc1Br. The lowest BCUT2D eigenvalue weighted by Gasteiger charge is -2.11. The third-order valence-corrected chi connectivity index (χ3v) is 5.59. The van der Waals surface area contributed by atoms with E-state index in [2.05, 4.69) is 31.5 Å². The molecule has 0 fully saturated rings. The molecule has 0 aliphatic heterocycles. The molecule has 0 unspecified atom stereocenters. The van der Waals surface area contributed by atoms with Crippen LogP contribution in [0.1, 0.15) is 31.3 Å².